The zero-order chi connectivity index (χ0) is 24.0. The quantitative estimate of drug-likeness (QED) is 0.295. The number of hydrogen-bond acceptors (Lipinski definition) is 7. The lowest BCUT2D eigenvalue weighted by Gasteiger charge is -2.13. The molecule has 3 N–H and O–H groups in total. The standard InChI is InChI=1S/C22H27N5O4S2/c1-14-5-6-18(11-15(14)2)27-33(29,30)19-7-8-20(16(3)12-19)31-13-21(28)23-9-10-32-22-24-17(4)25-26-22/h5-8,11-12,27H,9-10,13H2,1-4H3,(H,23,28)(H,24,25,26). The molecule has 1 heterocycles. The van der Waals surface area contributed by atoms with Crippen molar-refractivity contribution in [3.8, 4) is 5.75 Å². The SMILES string of the molecule is Cc1nc(SCCNC(=O)COc2ccc(S(=O)(=O)Nc3ccc(C)c(C)c3)cc2C)n[nH]1. The van der Waals surface area contributed by atoms with Gasteiger partial charge in [-0.1, -0.05) is 17.8 Å². The molecule has 0 radical (unpaired) electrons. The van der Waals surface area contributed by atoms with E-state index in [1.165, 1.54) is 23.9 Å². The summed E-state index contributed by atoms with van der Waals surface area (Å²) < 4.78 is 33.7. The summed E-state index contributed by atoms with van der Waals surface area (Å²) in [5.74, 6) is 1.54. The van der Waals surface area contributed by atoms with E-state index in [1.54, 1.807) is 25.1 Å². The minimum Gasteiger partial charge on any atom is -0.484 e. The second kappa shape index (κ2) is 10.7. The van der Waals surface area contributed by atoms with Gasteiger partial charge < -0.3 is 10.1 Å². The van der Waals surface area contributed by atoms with Crippen LogP contribution in [0.3, 0.4) is 0 Å². The van der Waals surface area contributed by atoms with E-state index in [0.717, 1.165) is 17.0 Å². The Labute approximate surface area is 197 Å². The Morgan fingerprint density at radius 2 is 1.85 bits per heavy atom. The van der Waals surface area contributed by atoms with Gasteiger partial charge in [0, 0.05) is 18.0 Å². The summed E-state index contributed by atoms with van der Waals surface area (Å²) in [7, 11) is -3.75. The van der Waals surface area contributed by atoms with Crippen molar-refractivity contribution in [3.05, 3.63) is 58.9 Å². The van der Waals surface area contributed by atoms with Crippen molar-refractivity contribution >= 4 is 33.4 Å². The summed E-state index contributed by atoms with van der Waals surface area (Å²) >= 11 is 1.43. The Kier molecular flexibility index (Phi) is 7.98. The van der Waals surface area contributed by atoms with Gasteiger partial charge in [0.1, 0.15) is 11.6 Å². The van der Waals surface area contributed by atoms with Crippen LogP contribution in [0.25, 0.3) is 0 Å². The van der Waals surface area contributed by atoms with Crippen molar-refractivity contribution in [1.82, 2.24) is 20.5 Å². The minimum absolute atomic E-state index is 0.120. The van der Waals surface area contributed by atoms with Crippen molar-refractivity contribution < 1.29 is 17.9 Å². The summed E-state index contributed by atoms with van der Waals surface area (Å²) in [6, 6.07) is 9.92. The van der Waals surface area contributed by atoms with Gasteiger partial charge in [-0.2, -0.15) is 0 Å². The second-order valence-electron chi connectivity index (χ2n) is 7.52. The highest BCUT2D eigenvalue weighted by atomic mass is 32.2. The molecule has 3 aromatic rings. The molecule has 1 aromatic heterocycles. The monoisotopic (exact) mass is 489 g/mol. The lowest BCUT2D eigenvalue weighted by atomic mass is 10.1. The van der Waals surface area contributed by atoms with Crippen LogP contribution in [-0.2, 0) is 14.8 Å². The van der Waals surface area contributed by atoms with Crippen LogP contribution in [0.4, 0.5) is 5.69 Å². The third-order valence-electron chi connectivity index (χ3n) is 4.81. The molecule has 3 rings (SSSR count). The topological polar surface area (TPSA) is 126 Å². The first-order chi connectivity index (χ1) is 15.6. The first kappa shape index (κ1) is 24.6. The molecule has 0 atom stereocenters. The van der Waals surface area contributed by atoms with E-state index in [1.807, 2.05) is 26.8 Å². The molecule has 0 aliphatic rings. The molecule has 33 heavy (non-hydrogen) atoms. The van der Waals surface area contributed by atoms with Crippen molar-refractivity contribution in [2.24, 2.45) is 0 Å². The number of rotatable bonds is 10. The molecule has 0 aliphatic heterocycles. The van der Waals surface area contributed by atoms with Gasteiger partial charge in [0.05, 0.1) is 4.90 Å². The molecule has 0 fully saturated rings. The van der Waals surface area contributed by atoms with Crippen molar-refractivity contribution in [2.45, 2.75) is 37.7 Å². The average Bonchev–Trinajstić information content (AvgIpc) is 3.17. The summed E-state index contributed by atoms with van der Waals surface area (Å²) in [6.45, 7) is 7.72. The number of nitrogens with one attached hydrogen (secondary N) is 3. The number of anilines is 1. The van der Waals surface area contributed by atoms with Gasteiger partial charge in [-0.25, -0.2) is 13.4 Å². The largest absolute Gasteiger partial charge is 0.484 e. The third kappa shape index (κ3) is 6.96. The number of hydrogen-bond donors (Lipinski definition) is 3. The van der Waals surface area contributed by atoms with E-state index < -0.39 is 10.0 Å². The highest BCUT2D eigenvalue weighted by molar-refractivity contribution is 7.99. The summed E-state index contributed by atoms with van der Waals surface area (Å²) in [6.07, 6.45) is 0. The molecule has 0 bridgehead atoms. The number of aryl methyl sites for hydroxylation is 4. The van der Waals surface area contributed by atoms with Crippen molar-refractivity contribution in [2.75, 3.05) is 23.6 Å². The van der Waals surface area contributed by atoms with Gasteiger partial charge in [-0.05, 0) is 74.7 Å². The number of amides is 1. The number of ether oxygens (including phenoxy) is 1. The van der Waals surface area contributed by atoms with E-state index in [9.17, 15) is 13.2 Å². The van der Waals surface area contributed by atoms with Gasteiger partial charge in [0.2, 0.25) is 5.16 Å². The van der Waals surface area contributed by atoms with Gasteiger partial charge in [-0.15, -0.1) is 5.10 Å². The van der Waals surface area contributed by atoms with Gasteiger partial charge in [-0.3, -0.25) is 14.6 Å². The van der Waals surface area contributed by atoms with E-state index >= 15 is 0 Å². The smallest absolute Gasteiger partial charge is 0.261 e. The maximum Gasteiger partial charge on any atom is 0.261 e. The number of carbonyl (C=O) groups is 1. The van der Waals surface area contributed by atoms with Gasteiger partial charge >= 0.3 is 0 Å². The zero-order valence-electron chi connectivity index (χ0n) is 18.9. The molecular formula is C22H27N5O4S2. The van der Waals surface area contributed by atoms with Gasteiger partial charge in [0.15, 0.2) is 6.61 Å². The normalized spacial score (nSPS) is 11.3. The fourth-order valence-electron chi connectivity index (χ4n) is 2.88. The molecule has 2 aromatic carbocycles. The Hall–Kier alpha value is -3.05. The number of sulfonamides is 1. The number of H-pyrrole nitrogens is 1. The van der Waals surface area contributed by atoms with Crippen LogP contribution < -0.4 is 14.8 Å². The molecule has 0 saturated heterocycles. The maximum absolute atomic E-state index is 12.7. The van der Waals surface area contributed by atoms with E-state index in [2.05, 4.69) is 25.2 Å². The predicted octanol–water partition coefficient (Wildman–Crippen LogP) is 3.13. The van der Waals surface area contributed by atoms with Crippen molar-refractivity contribution in [3.63, 3.8) is 0 Å². The maximum atomic E-state index is 12.7. The zero-order valence-corrected chi connectivity index (χ0v) is 20.6. The Bertz CT molecular complexity index is 1240. The molecular weight excluding hydrogens is 462 g/mol. The molecule has 0 saturated carbocycles. The number of thioether (sulfide) groups is 1. The van der Waals surface area contributed by atoms with Crippen molar-refractivity contribution in [1.29, 1.82) is 0 Å². The summed E-state index contributed by atoms with van der Waals surface area (Å²) in [4.78, 5) is 16.3. The Morgan fingerprint density at radius 3 is 2.52 bits per heavy atom. The fourth-order valence-corrected chi connectivity index (χ4v) is 4.72. The summed E-state index contributed by atoms with van der Waals surface area (Å²) in [5.41, 5.74) is 3.20. The molecule has 0 unspecified atom stereocenters. The van der Waals surface area contributed by atoms with Crippen LogP contribution >= 0.6 is 11.8 Å². The lowest BCUT2D eigenvalue weighted by molar-refractivity contribution is -0.122. The molecule has 9 nitrogen and oxygen atoms in total. The highest BCUT2D eigenvalue weighted by Crippen LogP contribution is 2.24. The van der Waals surface area contributed by atoms with E-state index in [0.29, 0.717) is 34.5 Å². The first-order valence-electron chi connectivity index (χ1n) is 10.3. The molecule has 11 heteroatoms. The molecule has 1 amide bonds. The predicted molar refractivity (Wildman–Crippen MR) is 128 cm³/mol. The Morgan fingerprint density at radius 1 is 1.06 bits per heavy atom. The van der Waals surface area contributed by atoms with Crippen LogP contribution in [0.5, 0.6) is 5.75 Å². The van der Waals surface area contributed by atoms with Crippen LogP contribution in [0, 0.1) is 27.7 Å². The van der Waals surface area contributed by atoms with Crippen LogP contribution in [0.15, 0.2) is 46.5 Å². The molecule has 176 valence electrons. The third-order valence-corrected chi connectivity index (χ3v) is 7.03. The number of benzene rings is 2. The first-order valence-corrected chi connectivity index (χ1v) is 12.7. The minimum atomic E-state index is -3.75. The Balaban J connectivity index is 1.50. The number of aromatic nitrogens is 3. The van der Waals surface area contributed by atoms with E-state index in [4.69, 9.17) is 4.74 Å². The number of nitrogens with zero attached hydrogens (tertiary/aromatic N) is 2. The lowest BCUT2D eigenvalue weighted by Crippen LogP contribution is -2.30. The molecule has 0 spiro atoms. The van der Waals surface area contributed by atoms with Crippen LogP contribution in [-0.4, -0.2) is 48.4 Å². The number of aromatic amines is 1. The highest BCUT2D eigenvalue weighted by Gasteiger charge is 2.16. The average molecular weight is 490 g/mol. The van der Waals surface area contributed by atoms with Crippen LogP contribution in [0.1, 0.15) is 22.5 Å². The fraction of sp³-hybridized carbons (Fsp3) is 0.318. The number of carbonyl (C=O) groups excluding carboxylic acids is 1. The van der Waals surface area contributed by atoms with Gasteiger partial charge in [0.25, 0.3) is 15.9 Å². The van der Waals surface area contributed by atoms with Crippen LogP contribution in [0.2, 0.25) is 0 Å². The van der Waals surface area contributed by atoms with E-state index in [-0.39, 0.29) is 17.4 Å². The summed E-state index contributed by atoms with van der Waals surface area (Å²) in [5, 5.41) is 10.2. The second-order valence-corrected chi connectivity index (χ2v) is 10.3. The molecule has 0 aliphatic carbocycles.